The molecule has 17 heteroatoms. The maximum atomic E-state index is 13.7. The number of hydrogen-bond acceptors (Lipinski definition) is 13. The number of Topliss-reactive ketones (excluding diaryl/α,β-unsaturated/α-hetero) is 2. The molecule has 0 aliphatic carbocycles. The number of benzene rings is 2. The number of carbonyl (C=O) groups excluding carboxylic acids is 4. The van der Waals surface area contributed by atoms with E-state index in [-0.39, 0.29) is 72.6 Å². The summed E-state index contributed by atoms with van der Waals surface area (Å²) in [6.45, 7) is 9.11. The third kappa shape index (κ3) is 9.71. The maximum Gasteiger partial charge on any atom is 0.332 e. The van der Waals surface area contributed by atoms with Crippen molar-refractivity contribution in [3.63, 3.8) is 0 Å². The fourth-order valence-corrected chi connectivity index (χ4v) is 7.65. The first kappa shape index (κ1) is 43.1. The average molecular weight is 816 g/mol. The largest absolute Gasteiger partial charge is 0.489 e. The molecule has 59 heavy (non-hydrogen) atoms. The van der Waals surface area contributed by atoms with Crippen LogP contribution in [0, 0.1) is 11.8 Å². The number of ketones is 2. The van der Waals surface area contributed by atoms with Crippen molar-refractivity contribution >= 4 is 40.7 Å². The smallest absolute Gasteiger partial charge is 0.332 e. The number of imidazole rings is 1. The third-order valence-electron chi connectivity index (χ3n) is 10.5. The number of carbonyl (C=O) groups is 4. The number of aliphatic hydroxyl groups is 1. The van der Waals surface area contributed by atoms with Gasteiger partial charge in [-0.2, -0.15) is 0 Å². The van der Waals surface area contributed by atoms with Gasteiger partial charge in [0.15, 0.2) is 29.9 Å². The number of nitrogens with zero attached hydrogens (tertiary/aromatic N) is 3. The molecule has 0 saturated carbocycles. The van der Waals surface area contributed by atoms with Crippen LogP contribution in [0.25, 0.3) is 0 Å². The summed E-state index contributed by atoms with van der Waals surface area (Å²) in [6, 6.07) is 13.6. The number of aliphatic imine (C=N–C) groups is 1. The van der Waals surface area contributed by atoms with E-state index < -0.39 is 55.1 Å². The van der Waals surface area contributed by atoms with Crippen molar-refractivity contribution < 1.29 is 43.2 Å². The van der Waals surface area contributed by atoms with Gasteiger partial charge in [0.1, 0.15) is 42.2 Å². The second-order valence-electron chi connectivity index (χ2n) is 15.3. The summed E-state index contributed by atoms with van der Waals surface area (Å²) >= 11 is 0. The Morgan fingerprint density at radius 1 is 1.08 bits per heavy atom. The highest BCUT2D eigenvalue weighted by Gasteiger charge is 2.55. The topological polar surface area (TPSA) is 241 Å². The molecule has 0 spiro atoms. The molecule has 2 saturated heterocycles. The number of fused-ring (bicyclic) bond motifs is 2. The number of amides is 2. The van der Waals surface area contributed by atoms with Crippen LogP contribution in [0.4, 0.5) is 11.5 Å². The van der Waals surface area contributed by atoms with Crippen LogP contribution < -0.4 is 32.5 Å². The monoisotopic (exact) mass is 815 g/mol. The molecule has 1 aromatic heterocycles. The van der Waals surface area contributed by atoms with Crippen LogP contribution in [0.3, 0.4) is 0 Å². The van der Waals surface area contributed by atoms with Crippen LogP contribution in [0.15, 0.2) is 71.0 Å². The molecule has 7 atom stereocenters. The zero-order valence-electron chi connectivity index (χ0n) is 33.5. The minimum atomic E-state index is -1.08. The highest BCUT2D eigenvalue weighted by atomic mass is 16.8. The molecule has 3 aliphatic heterocycles. The van der Waals surface area contributed by atoms with E-state index in [9.17, 15) is 29.1 Å². The number of amidine groups is 1. The maximum absolute atomic E-state index is 13.7. The quantitative estimate of drug-likeness (QED) is 0.0866. The fourth-order valence-electron chi connectivity index (χ4n) is 7.65. The van der Waals surface area contributed by atoms with Gasteiger partial charge in [0.25, 0.3) is 0 Å². The molecule has 2 fully saturated rings. The van der Waals surface area contributed by atoms with Gasteiger partial charge < -0.3 is 46.2 Å². The summed E-state index contributed by atoms with van der Waals surface area (Å²) in [6.07, 6.45) is -1.16. The molecular formula is C42H53N7O10. The van der Waals surface area contributed by atoms with Crippen molar-refractivity contribution in [1.29, 1.82) is 0 Å². The van der Waals surface area contributed by atoms with Crippen LogP contribution in [0.1, 0.15) is 87.0 Å². The van der Waals surface area contributed by atoms with Crippen LogP contribution in [0.2, 0.25) is 0 Å². The van der Waals surface area contributed by atoms with E-state index in [2.05, 4.69) is 22.2 Å². The van der Waals surface area contributed by atoms with Crippen LogP contribution in [-0.2, 0) is 41.7 Å². The summed E-state index contributed by atoms with van der Waals surface area (Å²) in [4.78, 5) is 69.4. The molecule has 3 aromatic rings. The molecule has 2 amide bonds. The normalized spacial score (nSPS) is 22.0. The van der Waals surface area contributed by atoms with E-state index in [1.165, 1.54) is 22.1 Å². The minimum Gasteiger partial charge on any atom is -0.489 e. The highest BCUT2D eigenvalue weighted by Crippen LogP contribution is 2.46. The number of nitrogens with two attached hydrogens (primary N) is 2. The van der Waals surface area contributed by atoms with Crippen molar-refractivity contribution in [2.24, 2.45) is 28.3 Å². The first-order chi connectivity index (χ1) is 28.3. The van der Waals surface area contributed by atoms with Crippen LogP contribution in [0.5, 0.6) is 5.75 Å². The lowest BCUT2D eigenvalue weighted by Crippen LogP contribution is -2.44. The number of hydrogen-bond donors (Lipinski definition) is 5. The van der Waals surface area contributed by atoms with Crippen LogP contribution >= 0.6 is 0 Å². The van der Waals surface area contributed by atoms with Gasteiger partial charge in [0, 0.05) is 37.1 Å². The number of ether oxygens (including phenoxy) is 4. The number of unbranched alkanes of at least 4 members (excludes halogenated alkanes) is 1. The van der Waals surface area contributed by atoms with Gasteiger partial charge in [0.2, 0.25) is 11.8 Å². The standard InChI is InChI=1S/C42H53N7O10/c1-5-17-48-35-31(53)20-33(44)47-38(35)49(42(48)55)40-37-36(32(21-50)57-40)58-41(59-37)27-10-8-11-29(18-27)56-22-25-12-14-28(15-13-25)46-39(54)26(9-6-7-16-43)19-30(52)34(23(2)3)45-24(4)51/h5,8,10-15,18,23,26,32,34,36-37,40-41,50H,1,6-7,9,16-17,19-22,43H2,2-4H3,(H2,44,47)(H,45,51)(H,46,54)/t26-,32-,34+,36-,37-,40-,41?/m1/s1. The molecule has 17 nitrogen and oxygen atoms in total. The Morgan fingerprint density at radius 2 is 1.83 bits per heavy atom. The first-order valence-electron chi connectivity index (χ1n) is 19.8. The third-order valence-corrected chi connectivity index (χ3v) is 10.5. The SMILES string of the molecule is C=CCn1c2c(n([C@@H]3O[C@H](CO)[C@H]4OC(c5cccc(OCc6ccc(NC(=O)[C@H](CCCCN)CC(=O)[C@@H](NC(C)=O)C(C)C)cc6)c5)O[C@H]43)c1=O)N=C(N)CC2=O. The lowest BCUT2D eigenvalue weighted by atomic mass is 9.89. The zero-order valence-corrected chi connectivity index (χ0v) is 33.5. The molecule has 1 unspecified atom stereocenters. The van der Waals surface area contributed by atoms with Gasteiger partial charge in [-0.05, 0) is 55.1 Å². The lowest BCUT2D eigenvalue weighted by Gasteiger charge is -2.23. The molecule has 0 bridgehead atoms. The molecular weight excluding hydrogens is 763 g/mol. The fraction of sp³-hybridized carbons (Fsp3) is 0.476. The molecule has 316 valence electrons. The summed E-state index contributed by atoms with van der Waals surface area (Å²) < 4.78 is 27.3. The van der Waals surface area contributed by atoms with Gasteiger partial charge >= 0.3 is 5.69 Å². The van der Waals surface area contributed by atoms with Crippen LogP contribution in [-0.4, -0.2) is 81.0 Å². The number of aromatic nitrogens is 2. The molecule has 4 heterocycles. The minimum absolute atomic E-state index is 0.00197. The number of anilines is 1. The highest BCUT2D eigenvalue weighted by molar-refractivity contribution is 6.13. The number of nitrogens with one attached hydrogen (secondary N) is 2. The summed E-state index contributed by atoms with van der Waals surface area (Å²) in [5.74, 6) is -1.20. The van der Waals surface area contributed by atoms with E-state index in [0.717, 1.165) is 12.0 Å². The summed E-state index contributed by atoms with van der Waals surface area (Å²) in [5, 5.41) is 15.9. The Morgan fingerprint density at radius 3 is 2.51 bits per heavy atom. The second kappa shape index (κ2) is 19.1. The van der Waals surface area contributed by atoms with Gasteiger partial charge in [-0.1, -0.05) is 50.6 Å². The van der Waals surface area contributed by atoms with E-state index in [1.54, 1.807) is 36.4 Å². The predicted molar refractivity (Wildman–Crippen MR) is 217 cm³/mol. The lowest BCUT2D eigenvalue weighted by molar-refractivity contribution is -0.154. The number of rotatable bonds is 19. The van der Waals surface area contributed by atoms with E-state index in [4.69, 9.17) is 30.4 Å². The second-order valence-corrected chi connectivity index (χ2v) is 15.3. The van der Waals surface area contributed by atoms with Gasteiger partial charge in [-0.15, -0.1) is 6.58 Å². The molecule has 7 N–H and O–H groups in total. The Hall–Kier alpha value is -5.46. The van der Waals surface area contributed by atoms with E-state index in [0.29, 0.717) is 36.4 Å². The van der Waals surface area contributed by atoms with Crippen molar-refractivity contribution in [2.75, 3.05) is 18.5 Å². The van der Waals surface area contributed by atoms with Crippen molar-refractivity contribution in [3.05, 3.63) is 88.5 Å². The summed E-state index contributed by atoms with van der Waals surface area (Å²) in [7, 11) is 0. The number of aliphatic hydroxyl groups excluding tert-OH is 1. The Labute approximate surface area is 341 Å². The zero-order chi connectivity index (χ0) is 42.4. The molecule has 2 aromatic carbocycles. The molecule has 0 radical (unpaired) electrons. The van der Waals surface area contributed by atoms with E-state index >= 15 is 0 Å². The Bertz CT molecular complexity index is 2130. The predicted octanol–water partition coefficient (Wildman–Crippen LogP) is 3.17. The first-order valence-corrected chi connectivity index (χ1v) is 19.8. The van der Waals surface area contributed by atoms with Crippen molar-refractivity contribution in [3.8, 4) is 5.75 Å². The van der Waals surface area contributed by atoms with Gasteiger partial charge in [0.05, 0.1) is 19.1 Å². The van der Waals surface area contributed by atoms with Gasteiger partial charge in [-0.3, -0.25) is 23.7 Å². The van der Waals surface area contributed by atoms with Crippen molar-refractivity contribution in [2.45, 2.75) is 103 Å². The van der Waals surface area contributed by atoms with Gasteiger partial charge in [-0.25, -0.2) is 14.4 Å². The number of allylic oxidation sites excluding steroid dienone is 1. The molecule has 6 rings (SSSR count). The van der Waals surface area contributed by atoms with Crippen molar-refractivity contribution in [1.82, 2.24) is 14.5 Å². The Balaban J connectivity index is 1.10. The Kier molecular flexibility index (Phi) is 13.9. The average Bonchev–Trinajstić information content (AvgIpc) is 3.86. The summed E-state index contributed by atoms with van der Waals surface area (Å²) in [5.41, 5.74) is 13.2. The molecule has 3 aliphatic rings. The van der Waals surface area contributed by atoms with E-state index in [1.807, 2.05) is 26.0 Å².